The van der Waals surface area contributed by atoms with Crippen molar-refractivity contribution in [2.24, 2.45) is 11.8 Å². The summed E-state index contributed by atoms with van der Waals surface area (Å²) in [6.45, 7) is 0. The summed E-state index contributed by atoms with van der Waals surface area (Å²) < 4.78 is 0. The Morgan fingerprint density at radius 3 is 2.27 bits per heavy atom. The van der Waals surface area contributed by atoms with Crippen LogP contribution < -0.4 is 10.9 Å². The highest BCUT2D eigenvalue weighted by molar-refractivity contribution is 5.87. The first-order chi connectivity index (χ1) is 10.6. The smallest absolute Gasteiger partial charge is 0.307 e. The van der Waals surface area contributed by atoms with Crippen LogP contribution >= 0.6 is 0 Å². The topological polar surface area (TPSA) is 95.5 Å². The molecule has 2 atom stereocenters. The third-order valence-electron chi connectivity index (χ3n) is 3.95. The molecular formula is C16H20N2O4. The second-order valence-electron chi connectivity index (χ2n) is 5.54. The predicted octanol–water partition coefficient (Wildman–Crippen LogP) is 1.27. The molecule has 1 fully saturated rings. The van der Waals surface area contributed by atoms with E-state index in [2.05, 4.69) is 10.9 Å². The number of carbonyl (C=O) groups excluding carboxylic acids is 2. The lowest BCUT2D eigenvalue weighted by Gasteiger charge is -2.27. The van der Waals surface area contributed by atoms with E-state index in [-0.39, 0.29) is 12.3 Å². The zero-order chi connectivity index (χ0) is 15.9. The second-order valence-corrected chi connectivity index (χ2v) is 5.54. The number of aliphatic carboxylic acids is 1. The number of hydrogen-bond donors (Lipinski definition) is 3. The molecule has 0 aromatic heterocycles. The maximum atomic E-state index is 12.1. The monoisotopic (exact) mass is 304 g/mol. The van der Waals surface area contributed by atoms with E-state index in [4.69, 9.17) is 5.11 Å². The van der Waals surface area contributed by atoms with Crippen LogP contribution in [-0.2, 0) is 20.8 Å². The molecule has 1 aliphatic rings. The van der Waals surface area contributed by atoms with Crippen LogP contribution in [-0.4, -0.2) is 22.9 Å². The van der Waals surface area contributed by atoms with Crippen molar-refractivity contribution in [3.63, 3.8) is 0 Å². The van der Waals surface area contributed by atoms with E-state index in [0.717, 1.165) is 18.4 Å². The average Bonchev–Trinajstić information content (AvgIpc) is 2.53. The Bertz CT molecular complexity index is 544. The summed E-state index contributed by atoms with van der Waals surface area (Å²) in [5.41, 5.74) is 5.55. The predicted molar refractivity (Wildman–Crippen MR) is 79.5 cm³/mol. The molecule has 2 amide bonds. The minimum Gasteiger partial charge on any atom is -0.481 e. The molecule has 2 rings (SSSR count). The number of hydrazine groups is 1. The molecule has 1 aromatic carbocycles. The molecule has 118 valence electrons. The normalized spacial score (nSPS) is 20.9. The molecule has 6 heteroatoms. The Kier molecular flexibility index (Phi) is 5.52. The van der Waals surface area contributed by atoms with E-state index >= 15 is 0 Å². The Hall–Kier alpha value is -2.37. The zero-order valence-electron chi connectivity index (χ0n) is 12.2. The summed E-state index contributed by atoms with van der Waals surface area (Å²) in [4.78, 5) is 35.0. The van der Waals surface area contributed by atoms with E-state index in [1.165, 1.54) is 0 Å². The zero-order valence-corrected chi connectivity index (χ0v) is 12.2. The fourth-order valence-electron chi connectivity index (χ4n) is 2.79. The van der Waals surface area contributed by atoms with Gasteiger partial charge in [-0.15, -0.1) is 0 Å². The van der Waals surface area contributed by atoms with Gasteiger partial charge in [0.1, 0.15) is 0 Å². The largest absolute Gasteiger partial charge is 0.481 e. The van der Waals surface area contributed by atoms with Crippen LogP contribution in [0, 0.1) is 11.8 Å². The van der Waals surface area contributed by atoms with Crippen molar-refractivity contribution in [2.75, 3.05) is 0 Å². The van der Waals surface area contributed by atoms with Crippen LogP contribution in [0.3, 0.4) is 0 Å². The van der Waals surface area contributed by atoms with E-state index in [1.54, 1.807) is 0 Å². The molecule has 2 unspecified atom stereocenters. The van der Waals surface area contributed by atoms with Crippen LogP contribution in [0.15, 0.2) is 30.3 Å². The van der Waals surface area contributed by atoms with Crippen LogP contribution in [0.2, 0.25) is 0 Å². The maximum absolute atomic E-state index is 12.1. The molecule has 1 aromatic rings. The first kappa shape index (κ1) is 16.0. The summed E-state index contributed by atoms with van der Waals surface area (Å²) in [6.07, 6.45) is 2.86. The lowest BCUT2D eigenvalue weighted by Crippen LogP contribution is -2.48. The van der Waals surface area contributed by atoms with Gasteiger partial charge in [0, 0.05) is 0 Å². The lowest BCUT2D eigenvalue weighted by atomic mass is 9.79. The average molecular weight is 304 g/mol. The standard InChI is InChI=1S/C16H20N2O4/c19-14(10-11-6-2-1-3-7-11)17-18-15(20)12-8-4-5-9-13(12)16(21)22/h1-3,6-7,12-13H,4-5,8-10H2,(H,17,19)(H,18,20)(H,21,22). The number of nitrogens with one attached hydrogen (secondary N) is 2. The number of carbonyl (C=O) groups is 3. The highest BCUT2D eigenvalue weighted by atomic mass is 16.4. The van der Waals surface area contributed by atoms with Gasteiger partial charge >= 0.3 is 5.97 Å². The van der Waals surface area contributed by atoms with Gasteiger partial charge in [-0.25, -0.2) is 0 Å². The van der Waals surface area contributed by atoms with Gasteiger partial charge in [-0.05, 0) is 18.4 Å². The SMILES string of the molecule is O=C(Cc1ccccc1)NNC(=O)C1CCCCC1C(=O)O. The van der Waals surface area contributed by atoms with Crippen molar-refractivity contribution in [3.8, 4) is 0 Å². The minimum absolute atomic E-state index is 0.161. The van der Waals surface area contributed by atoms with Gasteiger partial charge in [0.15, 0.2) is 0 Å². The van der Waals surface area contributed by atoms with Crippen molar-refractivity contribution in [1.29, 1.82) is 0 Å². The van der Waals surface area contributed by atoms with Crippen LogP contribution in [0.4, 0.5) is 0 Å². The van der Waals surface area contributed by atoms with Crippen molar-refractivity contribution in [1.82, 2.24) is 10.9 Å². The number of carboxylic acid groups (broad SMARTS) is 1. The highest BCUT2D eigenvalue weighted by Crippen LogP contribution is 2.30. The summed E-state index contributed by atoms with van der Waals surface area (Å²) in [5, 5.41) is 9.16. The van der Waals surface area contributed by atoms with Gasteiger partial charge in [-0.2, -0.15) is 0 Å². The summed E-state index contributed by atoms with van der Waals surface area (Å²) in [6, 6.07) is 9.17. The fourth-order valence-corrected chi connectivity index (χ4v) is 2.79. The van der Waals surface area contributed by atoms with Crippen molar-refractivity contribution < 1.29 is 19.5 Å². The quantitative estimate of drug-likeness (QED) is 0.730. The van der Waals surface area contributed by atoms with Crippen molar-refractivity contribution >= 4 is 17.8 Å². The molecule has 6 nitrogen and oxygen atoms in total. The summed E-state index contributed by atoms with van der Waals surface area (Å²) in [5.74, 6) is -2.95. The van der Waals surface area contributed by atoms with Crippen molar-refractivity contribution in [2.45, 2.75) is 32.1 Å². The van der Waals surface area contributed by atoms with Gasteiger partial charge < -0.3 is 5.11 Å². The Balaban J connectivity index is 1.83. The third-order valence-corrected chi connectivity index (χ3v) is 3.95. The first-order valence-corrected chi connectivity index (χ1v) is 7.43. The summed E-state index contributed by atoms with van der Waals surface area (Å²) >= 11 is 0. The molecule has 0 saturated heterocycles. The second kappa shape index (κ2) is 7.59. The Labute approximate surface area is 128 Å². The van der Waals surface area contributed by atoms with E-state index in [1.807, 2.05) is 30.3 Å². The van der Waals surface area contributed by atoms with Crippen LogP contribution in [0.25, 0.3) is 0 Å². The molecule has 22 heavy (non-hydrogen) atoms. The summed E-state index contributed by atoms with van der Waals surface area (Å²) in [7, 11) is 0. The van der Waals surface area contributed by atoms with Crippen LogP contribution in [0.1, 0.15) is 31.2 Å². The Morgan fingerprint density at radius 1 is 1.00 bits per heavy atom. The lowest BCUT2D eigenvalue weighted by molar-refractivity contribution is -0.149. The van der Waals surface area contributed by atoms with Gasteiger partial charge in [0.25, 0.3) is 0 Å². The Morgan fingerprint density at radius 2 is 1.64 bits per heavy atom. The van der Waals surface area contributed by atoms with E-state index in [9.17, 15) is 14.4 Å². The first-order valence-electron chi connectivity index (χ1n) is 7.43. The molecule has 0 spiro atoms. The highest BCUT2D eigenvalue weighted by Gasteiger charge is 2.35. The van der Waals surface area contributed by atoms with Gasteiger partial charge in [-0.3, -0.25) is 25.2 Å². The molecular weight excluding hydrogens is 284 g/mol. The van der Waals surface area contributed by atoms with Crippen molar-refractivity contribution in [3.05, 3.63) is 35.9 Å². The van der Waals surface area contributed by atoms with Gasteiger partial charge in [-0.1, -0.05) is 43.2 Å². The molecule has 0 radical (unpaired) electrons. The van der Waals surface area contributed by atoms with E-state index < -0.39 is 23.7 Å². The number of benzene rings is 1. The number of amides is 2. The van der Waals surface area contributed by atoms with Crippen LogP contribution in [0.5, 0.6) is 0 Å². The van der Waals surface area contributed by atoms with E-state index in [0.29, 0.717) is 12.8 Å². The molecule has 3 N–H and O–H groups in total. The molecule has 0 bridgehead atoms. The third kappa shape index (κ3) is 4.31. The van der Waals surface area contributed by atoms with Gasteiger partial charge in [0.05, 0.1) is 18.3 Å². The molecule has 1 aliphatic carbocycles. The molecule has 1 saturated carbocycles. The minimum atomic E-state index is -0.949. The maximum Gasteiger partial charge on any atom is 0.307 e. The number of carboxylic acids is 1. The fraction of sp³-hybridized carbons (Fsp3) is 0.438. The van der Waals surface area contributed by atoms with Gasteiger partial charge in [0.2, 0.25) is 11.8 Å². The number of hydrogen-bond acceptors (Lipinski definition) is 3. The molecule has 0 heterocycles. The molecule has 0 aliphatic heterocycles. The number of rotatable bonds is 4.